The Hall–Kier alpha value is 0.0400. The van der Waals surface area contributed by atoms with E-state index in [0.29, 0.717) is 28.4 Å². The summed E-state index contributed by atoms with van der Waals surface area (Å²) in [6.07, 6.45) is 4.76. The first-order chi connectivity index (χ1) is 8.66. The maximum absolute atomic E-state index is 6.08. The first-order valence-electron chi connectivity index (χ1n) is 6.17. The van der Waals surface area contributed by atoms with Crippen molar-refractivity contribution < 1.29 is 4.74 Å². The summed E-state index contributed by atoms with van der Waals surface area (Å²) in [5, 5.41) is 4.68. The maximum atomic E-state index is 6.08. The Morgan fingerprint density at radius 1 is 1.33 bits per heavy atom. The quantitative estimate of drug-likeness (QED) is 0.614. The number of ether oxygens (including phenoxy) is 1. The average Bonchev–Trinajstić information content (AvgIpc) is 2.84. The van der Waals surface area contributed by atoms with Crippen molar-refractivity contribution in [2.45, 2.75) is 31.7 Å². The lowest BCUT2D eigenvalue weighted by Gasteiger charge is -2.12. The van der Waals surface area contributed by atoms with Gasteiger partial charge in [-0.15, -0.1) is 0 Å². The Bertz CT molecular complexity index is 408. The van der Waals surface area contributed by atoms with E-state index in [1.165, 1.54) is 12.8 Å². The predicted octanol–water partition coefficient (Wildman–Crippen LogP) is 4.67. The van der Waals surface area contributed by atoms with Gasteiger partial charge in [0.25, 0.3) is 0 Å². The molecule has 1 aromatic rings. The van der Waals surface area contributed by atoms with Crippen LogP contribution in [0, 0.1) is 0 Å². The van der Waals surface area contributed by atoms with Gasteiger partial charge in [-0.05, 0) is 54.2 Å². The van der Waals surface area contributed by atoms with E-state index in [1.54, 1.807) is 12.1 Å². The third-order valence-electron chi connectivity index (χ3n) is 3.09. The summed E-state index contributed by atoms with van der Waals surface area (Å²) in [7, 11) is 0. The average molecular weight is 353 g/mol. The summed E-state index contributed by atoms with van der Waals surface area (Å²) in [6.45, 7) is 1.83. The van der Waals surface area contributed by atoms with Crippen molar-refractivity contribution in [1.82, 2.24) is 5.32 Å². The van der Waals surface area contributed by atoms with Gasteiger partial charge in [0.05, 0.1) is 16.7 Å². The summed E-state index contributed by atoms with van der Waals surface area (Å²) in [6, 6.07) is 4.18. The summed E-state index contributed by atoms with van der Waals surface area (Å²) in [4.78, 5) is 0. The Balaban J connectivity index is 1.77. The Morgan fingerprint density at radius 3 is 2.89 bits per heavy atom. The molecule has 1 fully saturated rings. The summed E-state index contributed by atoms with van der Waals surface area (Å²) in [5.41, 5.74) is 0. The molecule has 0 amide bonds. The van der Waals surface area contributed by atoms with Gasteiger partial charge < -0.3 is 10.1 Å². The SMILES string of the molecule is Clc1cc(OCCCC2CCCN2)c(Cl)cc1Br. The van der Waals surface area contributed by atoms with Crippen LogP contribution in [0.5, 0.6) is 5.75 Å². The van der Waals surface area contributed by atoms with Crippen LogP contribution in [0.3, 0.4) is 0 Å². The van der Waals surface area contributed by atoms with Crippen molar-refractivity contribution in [2.24, 2.45) is 0 Å². The second kappa shape index (κ2) is 6.99. The van der Waals surface area contributed by atoms with E-state index in [0.717, 1.165) is 23.9 Å². The largest absolute Gasteiger partial charge is 0.492 e. The first kappa shape index (κ1) is 14.4. The minimum atomic E-state index is 0.588. The summed E-state index contributed by atoms with van der Waals surface area (Å²) < 4.78 is 6.46. The molecule has 18 heavy (non-hydrogen) atoms. The molecule has 0 saturated carbocycles. The van der Waals surface area contributed by atoms with Crippen LogP contribution in [0.25, 0.3) is 0 Å². The van der Waals surface area contributed by atoms with E-state index >= 15 is 0 Å². The Morgan fingerprint density at radius 2 is 2.17 bits per heavy atom. The molecule has 0 aromatic heterocycles. The Kier molecular flexibility index (Phi) is 5.61. The number of rotatable bonds is 5. The lowest BCUT2D eigenvalue weighted by molar-refractivity contribution is 0.299. The molecule has 1 N–H and O–H groups in total. The number of benzene rings is 1. The van der Waals surface area contributed by atoms with Crippen LogP contribution in [0.2, 0.25) is 10.0 Å². The van der Waals surface area contributed by atoms with Crippen molar-refractivity contribution in [3.8, 4) is 5.75 Å². The van der Waals surface area contributed by atoms with E-state index < -0.39 is 0 Å². The van der Waals surface area contributed by atoms with Gasteiger partial charge in [-0.25, -0.2) is 0 Å². The van der Waals surface area contributed by atoms with Crippen molar-refractivity contribution in [3.05, 3.63) is 26.7 Å². The highest BCUT2D eigenvalue weighted by Crippen LogP contribution is 2.34. The smallest absolute Gasteiger partial charge is 0.139 e. The van der Waals surface area contributed by atoms with Crippen molar-refractivity contribution in [1.29, 1.82) is 0 Å². The van der Waals surface area contributed by atoms with Gasteiger partial charge in [0.1, 0.15) is 5.75 Å². The van der Waals surface area contributed by atoms with Gasteiger partial charge in [0, 0.05) is 16.6 Å². The third kappa shape index (κ3) is 4.02. The molecule has 1 aromatic carbocycles. The Labute approximate surface area is 126 Å². The van der Waals surface area contributed by atoms with Crippen LogP contribution in [-0.4, -0.2) is 19.2 Å². The van der Waals surface area contributed by atoms with E-state index in [2.05, 4.69) is 21.2 Å². The second-order valence-electron chi connectivity index (χ2n) is 4.48. The molecule has 5 heteroatoms. The minimum Gasteiger partial charge on any atom is -0.492 e. The number of hydrogen-bond acceptors (Lipinski definition) is 2. The molecule has 2 rings (SSSR count). The van der Waals surface area contributed by atoms with Crippen molar-refractivity contribution in [2.75, 3.05) is 13.2 Å². The van der Waals surface area contributed by atoms with Gasteiger partial charge in [-0.3, -0.25) is 0 Å². The zero-order valence-corrected chi connectivity index (χ0v) is 13.1. The molecule has 1 atom stereocenters. The lowest BCUT2D eigenvalue weighted by atomic mass is 10.1. The number of nitrogens with one attached hydrogen (secondary N) is 1. The van der Waals surface area contributed by atoms with Crippen molar-refractivity contribution >= 4 is 39.1 Å². The summed E-state index contributed by atoms with van der Waals surface area (Å²) >= 11 is 15.4. The fraction of sp³-hybridized carbons (Fsp3) is 0.538. The van der Waals surface area contributed by atoms with Gasteiger partial charge in [0.15, 0.2) is 0 Å². The topological polar surface area (TPSA) is 21.3 Å². The number of halogens is 3. The molecule has 100 valence electrons. The highest BCUT2D eigenvalue weighted by molar-refractivity contribution is 9.10. The van der Waals surface area contributed by atoms with Crippen LogP contribution >= 0.6 is 39.1 Å². The number of hydrogen-bond donors (Lipinski definition) is 1. The van der Waals surface area contributed by atoms with E-state index in [-0.39, 0.29) is 0 Å². The highest BCUT2D eigenvalue weighted by Gasteiger charge is 2.13. The first-order valence-corrected chi connectivity index (χ1v) is 7.72. The molecule has 1 saturated heterocycles. The monoisotopic (exact) mass is 351 g/mol. The predicted molar refractivity (Wildman–Crippen MR) is 79.9 cm³/mol. The van der Waals surface area contributed by atoms with E-state index in [9.17, 15) is 0 Å². The van der Waals surface area contributed by atoms with Crippen molar-refractivity contribution in [3.63, 3.8) is 0 Å². The molecule has 0 bridgehead atoms. The third-order valence-corrected chi connectivity index (χ3v) is 4.58. The highest BCUT2D eigenvalue weighted by atomic mass is 79.9. The molecule has 0 spiro atoms. The van der Waals surface area contributed by atoms with Crippen LogP contribution in [0.15, 0.2) is 16.6 Å². The second-order valence-corrected chi connectivity index (χ2v) is 6.15. The van der Waals surface area contributed by atoms with E-state index in [1.807, 2.05) is 0 Å². The van der Waals surface area contributed by atoms with Gasteiger partial charge in [0.2, 0.25) is 0 Å². The van der Waals surface area contributed by atoms with Crippen LogP contribution in [-0.2, 0) is 0 Å². The molecular formula is C13H16BrCl2NO. The van der Waals surface area contributed by atoms with Gasteiger partial charge >= 0.3 is 0 Å². The van der Waals surface area contributed by atoms with Crippen LogP contribution in [0.4, 0.5) is 0 Å². The van der Waals surface area contributed by atoms with Gasteiger partial charge in [-0.2, -0.15) is 0 Å². The normalized spacial score (nSPS) is 19.2. The molecular weight excluding hydrogens is 337 g/mol. The minimum absolute atomic E-state index is 0.588. The molecule has 1 aliphatic heterocycles. The van der Waals surface area contributed by atoms with Crippen LogP contribution in [0.1, 0.15) is 25.7 Å². The lowest BCUT2D eigenvalue weighted by Crippen LogP contribution is -2.21. The molecule has 0 radical (unpaired) electrons. The van der Waals surface area contributed by atoms with Crippen LogP contribution < -0.4 is 10.1 Å². The molecule has 2 nitrogen and oxygen atoms in total. The van der Waals surface area contributed by atoms with Gasteiger partial charge in [-0.1, -0.05) is 23.2 Å². The summed E-state index contributed by atoms with van der Waals surface area (Å²) in [5.74, 6) is 0.657. The molecule has 0 aliphatic carbocycles. The molecule has 1 unspecified atom stereocenters. The fourth-order valence-electron chi connectivity index (χ4n) is 2.13. The fourth-order valence-corrected chi connectivity index (χ4v) is 2.98. The zero-order chi connectivity index (χ0) is 13.0. The molecule has 1 aliphatic rings. The van der Waals surface area contributed by atoms with E-state index in [4.69, 9.17) is 27.9 Å². The molecule has 1 heterocycles. The standard InChI is InChI=1S/C13H16BrCl2NO/c14-10-7-12(16)13(8-11(10)15)18-6-2-4-9-3-1-5-17-9/h7-9,17H,1-6H2. The zero-order valence-electron chi connectivity index (χ0n) is 10.0. The maximum Gasteiger partial charge on any atom is 0.139 e.